The molecule has 2 N–H and O–H groups in total. The summed E-state index contributed by atoms with van der Waals surface area (Å²) in [6, 6.07) is 8.09. The summed E-state index contributed by atoms with van der Waals surface area (Å²) in [6.45, 7) is 3.37. The Morgan fingerprint density at radius 1 is 1.11 bits per heavy atom. The molecule has 0 aliphatic heterocycles. The van der Waals surface area contributed by atoms with E-state index in [1.165, 1.54) is 0 Å². The summed E-state index contributed by atoms with van der Waals surface area (Å²) in [5, 5.41) is 0. The van der Waals surface area contributed by atoms with Crippen LogP contribution in [0.3, 0.4) is 0 Å². The Labute approximate surface area is 110 Å². The fraction of sp³-hybridized carbons (Fsp3) is 0.571. The molecule has 102 valence electrons. The highest BCUT2D eigenvalue weighted by molar-refractivity contribution is 5.58. The molecule has 0 radical (unpaired) electrons. The standard InChI is InChI=1S/C14H24N2O2/c1-17-12-6-11-16(10-5-9-15)13-7-3-4-8-14(13)18-2/h3-4,7-8H,5-6,9-12,15H2,1-2H3. The van der Waals surface area contributed by atoms with Gasteiger partial charge in [-0.15, -0.1) is 0 Å². The SMILES string of the molecule is COCCCN(CCCN)c1ccccc1OC. The molecule has 0 saturated carbocycles. The van der Waals surface area contributed by atoms with Crippen molar-refractivity contribution in [2.75, 3.05) is 45.4 Å². The maximum Gasteiger partial charge on any atom is 0.142 e. The minimum Gasteiger partial charge on any atom is -0.495 e. The van der Waals surface area contributed by atoms with Crippen LogP contribution in [0.25, 0.3) is 0 Å². The fourth-order valence-electron chi connectivity index (χ4n) is 1.93. The predicted octanol–water partition coefficient (Wildman–Crippen LogP) is 1.89. The van der Waals surface area contributed by atoms with Crippen molar-refractivity contribution < 1.29 is 9.47 Å². The van der Waals surface area contributed by atoms with E-state index in [2.05, 4.69) is 11.0 Å². The van der Waals surface area contributed by atoms with Gasteiger partial charge >= 0.3 is 0 Å². The van der Waals surface area contributed by atoms with Gasteiger partial charge in [-0.25, -0.2) is 0 Å². The Balaban J connectivity index is 2.72. The lowest BCUT2D eigenvalue weighted by molar-refractivity contribution is 0.196. The van der Waals surface area contributed by atoms with E-state index in [9.17, 15) is 0 Å². The molecule has 0 spiro atoms. The summed E-state index contributed by atoms with van der Waals surface area (Å²) in [6.07, 6.45) is 1.98. The zero-order valence-corrected chi connectivity index (χ0v) is 11.4. The first-order valence-electron chi connectivity index (χ1n) is 6.40. The van der Waals surface area contributed by atoms with E-state index in [0.717, 1.165) is 44.0 Å². The van der Waals surface area contributed by atoms with Gasteiger partial charge in [-0.2, -0.15) is 0 Å². The first-order valence-corrected chi connectivity index (χ1v) is 6.40. The van der Waals surface area contributed by atoms with E-state index in [0.29, 0.717) is 6.54 Å². The zero-order chi connectivity index (χ0) is 13.2. The van der Waals surface area contributed by atoms with Crippen molar-refractivity contribution in [2.45, 2.75) is 12.8 Å². The average molecular weight is 252 g/mol. The fourth-order valence-corrected chi connectivity index (χ4v) is 1.93. The number of nitrogens with two attached hydrogens (primary N) is 1. The highest BCUT2D eigenvalue weighted by Gasteiger charge is 2.10. The number of hydrogen-bond donors (Lipinski definition) is 1. The second-order valence-corrected chi connectivity index (χ2v) is 4.15. The summed E-state index contributed by atoms with van der Waals surface area (Å²) < 4.78 is 10.5. The van der Waals surface area contributed by atoms with Crippen LogP contribution in [0.4, 0.5) is 5.69 Å². The molecule has 0 aliphatic rings. The number of benzene rings is 1. The highest BCUT2D eigenvalue weighted by Crippen LogP contribution is 2.27. The Hall–Kier alpha value is -1.26. The zero-order valence-electron chi connectivity index (χ0n) is 11.4. The van der Waals surface area contributed by atoms with E-state index in [-0.39, 0.29) is 0 Å². The van der Waals surface area contributed by atoms with Crippen LogP contribution in [-0.2, 0) is 4.74 Å². The predicted molar refractivity (Wildman–Crippen MR) is 75.4 cm³/mol. The molecule has 0 aromatic heterocycles. The third-order valence-corrected chi connectivity index (χ3v) is 2.83. The topological polar surface area (TPSA) is 47.7 Å². The van der Waals surface area contributed by atoms with Gasteiger partial charge in [0, 0.05) is 26.8 Å². The number of ether oxygens (including phenoxy) is 2. The summed E-state index contributed by atoms with van der Waals surface area (Å²) >= 11 is 0. The second kappa shape index (κ2) is 8.78. The van der Waals surface area contributed by atoms with Gasteiger partial charge in [0.25, 0.3) is 0 Å². The monoisotopic (exact) mass is 252 g/mol. The molecule has 0 fully saturated rings. The molecule has 1 aromatic carbocycles. The van der Waals surface area contributed by atoms with Gasteiger partial charge in [0.2, 0.25) is 0 Å². The van der Waals surface area contributed by atoms with Gasteiger partial charge in [0.1, 0.15) is 5.75 Å². The smallest absolute Gasteiger partial charge is 0.142 e. The maximum absolute atomic E-state index is 5.60. The quantitative estimate of drug-likeness (QED) is 0.682. The highest BCUT2D eigenvalue weighted by atomic mass is 16.5. The van der Waals surface area contributed by atoms with Crippen LogP contribution in [0, 0.1) is 0 Å². The van der Waals surface area contributed by atoms with Gasteiger partial charge in [-0.1, -0.05) is 12.1 Å². The van der Waals surface area contributed by atoms with Crippen LogP contribution in [0.1, 0.15) is 12.8 Å². The maximum atomic E-state index is 5.60. The Morgan fingerprint density at radius 3 is 2.50 bits per heavy atom. The van der Waals surface area contributed by atoms with Crippen molar-refractivity contribution in [1.29, 1.82) is 0 Å². The minimum atomic E-state index is 0.704. The normalized spacial score (nSPS) is 10.4. The molecule has 4 nitrogen and oxygen atoms in total. The van der Waals surface area contributed by atoms with Gasteiger partial charge in [-0.3, -0.25) is 0 Å². The van der Waals surface area contributed by atoms with Crippen LogP contribution in [0.15, 0.2) is 24.3 Å². The van der Waals surface area contributed by atoms with Gasteiger partial charge in [0.15, 0.2) is 0 Å². The van der Waals surface area contributed by atoms with E-state index in [1.807, 2.05) is 18.2 Å². The van der Waals surface area contributed by atoms with E-state index >= 15 is 0 Å². The molecule has 0 heterocycles. The largest absolute Gasteiger partial charge is 0.495 e. The third-order valence-electron chi connectivity index (χ3n) is 2.83. The molecular weight excluding hydrogens is 228 g/mol. The summed E-state index contributed by atoms with van der Waals surface area (Å²) in [5.74, 6) is 0.909. The molecular formula is C14H24N2O2. The molecule has 0 aliphatic carbocycles. The molecule has 0 unspecified atom stereocenters. The lowest BCUT2D eigenvalue weighted by Crippen LogP contribution is -2.28. The van der Waals surface area contributed by atoms with Crippen LogP contribution >= 0.6 is 0 Å². The summed E-state index contributed by atoms with van der Waals surface area (Å²) in [7, 11) is 3.43. The van der Waals surface area contributed by atoms with Crippen molar-refractivity contribution >= 4 is 5.69 Å². The number of nitrogens with zero attached hydrogens (tertiary/aromatic N) is 1. The Bertz CT molecular complexity index is 331. The number of para-hydroxylation sites is 2. The molecule has 4 heteroatoms. The Morgan fingerprint density at radius 2 is 1.83 bits per heavy atom. The molecule has 18 heavy (non-hydrogen) atoms. The van der Waals surface area contributed by atoms with E-state index in [4.69, 9.17) is 15.2 Å². The van der Waals surface area contributed by atoms with Crippen LogP contribution < -0.4 is 15.4 Å². The molecule has 1 rings (SSSR count). The number of hydrogen-bond acceptors (Lipinski definition) is 4. The third kappa shape index (κ3) is 4.55. The summed E-state index contributed by atoms with van der Waals surface area (Å²) in [5.41, 5.74) is 6.73. The van der Waals surface area contributed by atoms with Crippen LogP contribution in [-0.4, -0.2) is 40.5 Å². The lowest BCUT2D eigenvalue weighted by atomic mass is 10.2. The number of rotatable bonds is 9. The van der Waals surface area contributed by atoms with Crippen molar-refractivity contribution in [1.82, 2.24) is 0 Å². The molecule has 0 saturated heterocycles. The average Bonchev–Trinajstić information content (AvgIpc) is 2.42. The van der Waals surface area contributed by atoms with Crippen LogP contribution in [0.2, 0.25) is 0 Å². The van der Waals surface area contributed by atoms with Crippen molar-refractivity contribution in [3.8, 4) is 5.75 Å². The molecule has 0 bridgehead atoms. The summed E-state index contributed by atoms with van der Waals surface area (Å²) in [4.78, 5) is 2.31. The Kier molecular flexibility index (Phi) is 7.22. The van der Waals surface area contributed by atoms with E-state index in [1.54, 1.807) is 14.2 Å². The van der Waals surface area contributed by atoms with Crippen molar-refractivity contribution in [3.05, 3.63) is 24.3 Å². The van der Waals surface area contributed by atoms with E-state index < -0.39 is 0 Å². The van der Waals surface area contributed by atoms with Gasteiger partial charge in [0.05, 0.1) is 12.8 Å². The van der Waals surface area contributed by atoms with Gasteiger partial charge in [-0.05, 0) is 31.5 Å². The first kappa shape index (κ1) is 14.8. The number of methoxy groups -OCH3 is 2. The minimum absolute atomic E-state index is 0.704. The van der Waals surface area contributed by atoms with Crippen molar-refractivity contribution in [2.24, 2.45) is 5.73 Å². The lowest BCUT2D eigenvalue weighted by Gasteiger charge is -2.26. The second-order valence-electron chi connectivity index (χ2n) is 4.15. The van der Waals surface area contributed by atoms with Gasteiger partial charge < -0.3 is 20.1 Å². The van der Waals surface area contributed by atoms with Crippen molar-refractivity contribution in [3.63, 3.8) is 0 Å². The molecule has 1 aromatic rings. The van der Waals surface area contributed by atoms with Crippen LogP contribution in [0.5, 0.6) is 5.75 Å². The molecule has 0 atom stereocenters. The molecule has 0 amide bonds. The first-order chi connectivity index (χ1) is 8.83. The number of anilines is 1.